The lowest BCUT2D eigenvalue weighted by Gasteiger charge is -2.20. The third-order valence-electron chi connectivity index (χ3n) is 4.83. The molecular formula is C22H22N4O3. The van der Waals surface area contributed by atoms with Crippen molar-refractivity contribution in [1.82, 2.24) is 20.3 Å². The summed E-state index contributed by atoms with van der Waals surface area (Å²) in [4.78, 5) is 36.9. The molecule has 0 saturated heterocycles. The van der Waals surface area contributed by atoms with Crippen LogP contribution in [0.25, 0.3) is 22.1 Å². The molecule has 4 rings (SSSR count). The fourth-order valence-corrected chi connectivity index (χ4v) is 3.29. The van der Waals surface area contributed by atoms with Gasteiger partial charge in [0.1, 0.15) is 17.0 Å². The highest BCUT2D eigenvalue weighted by molar-refractivity contribution is 5.78. The summed E-state index contributed by atoms with van der Waals surface area (Å²) in [6.07, 6.45) is 0.351. The number of hydrogen-bond donors (Lipinski definition) is 2. The maximum Gasteiger partial charge on any atom is 0.358 e. The van der Waals surface area contributed by atoms with Gasteiger partial charge in [0.2, 0.25) is 5.91 Å². The highest BCUT2D eigenvalue weighted by atomic mass is 16.4. The number of carbonyl (C=O) groups is 1. The minimum Gasteiger partial charge on any atom is -0.420 e. The van der Waals surface area contributed by atoms with Crippen LogP contribution in [0.1, 0.15) is 37.8 Å². The second-order valence-corrected chi connectivity index (χ2v) is 7.34. The molecule has 29 heavy (non-hydrogen) atoms. The zero-order valence-electron chi connectivity index (χ0n) is 16.3. The fraction of sp³-hybridized carbons (Fsp3) is 0.273. The number of rotatable bonds is 6. The molecule has 0 spiro atoms. The molecule has 7 nitrogen and oxygen atoms in total. The van der Waals surface area contributed by atoms with Crippen molar-refractivity contribution in [1.29, 1.82) is 0 Å². The van der Waals surface area contributed by atoms with E-state index in [0.717, 1.165) is 16.9 Å². The Morgan fingerprint density at radius 2 is 1.79 bits per heavy atom. The molecule has 0 radical (unpaired) electrons. The van der Waals surface area contributed by atoms with Crippen molar-refractivity contribution in [2.75, 3.05) is 0 Å². The Morgan fingerprint density at radius 3 is 2.55 bits per heavy atom. The maximum atomic E-state index is 12.6. The third-order valence-corrected chi connectivity index (χ3v) is 4.83. The van der Waals surface area contributed by atoms with Gasteiger partial charge in [-0.2, -0.15) is 0 Å². The monoisotopic (exact) mass is 390 g/mol. The van der Waals surface area contributed by atoms with Crippen LogP contribution in [0.2, 0.25) is 0 Å². The van der Waals surface area contributed by atoms with E-state index in [1.54, 1.807) is 18.2 Å². The molecule has 0 aliphatic rings. The van der Waals surface area contributed by atoms with E-state index in [1.807, 2.05) is 44.2 Å². The van der Waals surface area contributed by atoms with Gasteiger partial charge in [0.15, 0.2) is 5.58 Å². The van der Waals surface area contributed by atoms with Crippen LogP contribution in [0.15, 0.2) is 57.7 Å². The zero-order valence-corrected chi connectivity index (χ0v) is 16.3. The number of aromatic nitrogens is 3. The number of para-hydroxylation sites is 4. The average Bonchev–Trinajstić information content (AvgIpc) is 3.14. The molecule has 0 fully saturated rings. The maximum absolute atomic E-state index is 12.6. The highest BCUT2D eigenvalue weighted by Gasteiger charge is 2.22. The Hall–Kier alpha value is -3.48. The molecule has 2 N–H and O–H groups in total. The first-order valence-corrected chi connectivity index (χ1v) is 9.64. The summed E-state index contributed by atoms with van der Waals surface area (Å²) >= 11 is 0. The number of aryl methyl sites for hydroxylation is 1. The van der Waals surface area contributed by atoms with E-state index in [2.05, 4.69) is 20.3 Å². The number of imidazole rings is 1. The SMILES string of the molecule is CC(C)[C@@H](NC(=O)CCc1nc2ccccc2oc1=O)c1nc2ccccc2[nH]1. The lowest BCUT2D eigenvalue weighted by molar-refractivity contribution is -0.122. The number of benzene rings is 2. The van der Waals surface area contributed by atoms with E-state index < -0.39 is 5.63 Å². The first-order chi connectivity index (χ1) is 14.0. The van der Waals surface area contributed by atoms with Gasteiger partial charge in [-0.05, 0) is 30.2 Å². The summed E-state index contributed by atoms with van der Waals surface area (Å²) in [7, 11) is 0. The van der Waals surface area contributed by atoms with Crippen LogP contribution in [0.4, 0.5) is 0 Å². The van der Waals surface area contributed by atoms with Gasteiger partial charge in [-0.15, -0.1) is 0 Å². The number of H-pyrrole nitrogens is 1. The fourth-order valence-electron chi connectivity index (χ4n) is 3.29. The van der Waals surface area contributed by atoms with Crippen molar-refractivity contribution in [3.05, 3.63) is 70.5 Å². The summed E-state index contributed by atoms with van der Waals surface area (Å²) in [5, 5.41) is 3.03. The number of fused-ring (bicyclic) bond motifs is 2. The van der Waals surface area contributed by atoms with E-state index in [-0.39, 0.29) is 36.4 Å². The molecule has 0 aliphatic heterocycles. The van der Waals surface area contributed by atoms with Gasteiger partial charge in [-0.1, -0.05) is 38.1 Å². The molecule has 0 aliphatic carbocycles. The van der Waals surface area contributed by atoms with Gasteiger partial charge in [-0.3, -0.25) is 4.79 Å². The van der Waals surface area contributed by atoms with Crippen molar-refractivity contribution in [2.24, 2.45) is 5.92 Å². The highest BCUT2D eigenvalue weighted by Crippen LogP contribution is 2.22. The Morgan fingerprint density at radius 1 is 1.07 bits per heavy atom. The average molecular weight is 390 g/mol. The molecule has 0 saturated carbocycles. The van der Waals surface area contributed by atoms with Gasteiger partial charge in [0.25, 0.3) is 0 Å². The number of carbonyl (C=O) groups excluding carboxylic acids is 1. The van der Waals surface area contributed by atoms with Crippen LogP contribution in [-0.2, 0) is 11.2 Å². The van der Waals surface area contributed by atoms with E-state index in [4.69, 9.17) is 4.42 Å². The summed E-state index contributed by atoms with van der Waals surface area (Å²) in [5.74, 6) is 0.694. The lowest BCUT2D eigenvalue weighted by Crippen LogP contribution is -2.33. The van der Waals surface area contributed by atoms with Crippen molar-refractivity contribution in [3.8, 4) is 0 Å². The molecule has 148 valence electrons. The van der Waals surface area contributed by atoms with E-state index >= 15 is 0 Å². The molecule has 2 heterocycles. The van der Waals surface area contributed by atoms with Crippen LogP contribution in [-0.4, -0.2) is 20.9 Å². The van der Waals surface area contributed by atoms with Gasteiger partial charge in [0, 0.05) is 12.8 Å². The van der Waals surface area contributed by atoms with Gasteiger partial charge in [0.05, 0.1) is 17.1 Å². The van der Waals surface area contributed by atoms with Crippen LogP contribution >= 0.6 is 0 Å². The molecule has 1 amide bonds. The lowest BCUT2D eigenvalue weighted by atomic mass is 10.0. The van der Waals surface area contributed by atoms with E-state index in [1.165, 1.54) is 0 Å². The molecule has 2 aromatic heterocycles. The Bertz CT molecular complexity index is 1190. The Balaban J connectivity index is 1.47. The molecular weight excluding hydrogens is 368 g/mol. The largest absolute Gasteiger partial charge is 0.420 e. The summed E-state index contributed by atoms with van der Waals surface area (Å²) < 4.78 is 5.28. The van der Waals surface area contributed by atoms with Crippen molar-refractivity contribution in [2.45, 2.75) is 32.7 Å². The molecule has 1 atom stereocenters. The predicted molar refractivity (Wildman–Crippen MR) is 110 cm³/mol. The zero-order chi connectivity index (χ0) is 20.4. The number of nitrogens with one attached hydrogen (secondary N) is 2. The van der Waals surface area contributed by atoms with Crippen LogP contribution in [0, 0.1) is 5.92 Å². The minimum absolute atomic E-state index is 0.138. The van der Waals surface area contributed by atoms with Crippen molar-refractivity contribution >= 4 is 28.0 Å². The second-order valence-electron chi connectivity index (χ2n) is 7.34. The molecule has 0 unspecified atom stereocenters. The smallest absolute Gasteiger partial charge is 0.358 e. The summed E-state index contributed by atoms with van der Waals surface area (Å²) in [6.45, 7) is 4.05. The standard InChI is InChI=1S/C22H22N4O3/c1-13(2)20(21-24-14-7-3-4-8-15(14)25-21)26-19(27)12-11-17-22(28)29-18-10-6-5-9-16(18)23-17/h3-10,13,20H,11-12H2,1-2H3,(H,24,25)(H,26,27)/t20-/m1/s1. The quantitative estimate of drug-likeness (QED) is 0.525. The first kappa shape index (κ1) is 18.9. The Labute approximate surface area is 167 Å². The third kappa shape index (κ3) is 4.03. The number of hydrogen-bond acceptors (Lipinski definition) is 5. The normalized spacial score (nSPS) is 12.5. The van der Waals surface area contributed by atoms with Gasteiger partial charge in [-0.25, -0.2) is 14.8 Å². The molecule has 0 bridgehead atoms. The van der Waals surface area contributed by atoms with Gasteiger partial charge >= 0.3 is 5.63 Å². The minimum atomic E-state index is -0.505. The second kappa shape index (κ2) is 7.87. The van der Waals surface area contributed by atoms with Gasteiger partial charge < -0.3 is 14.7 Å². The van der Waals surface area contributed by atoms with Crippen LogP contribution < -0.4 is 10.9 Å². The summed E-state index contributed by atoms with van der Waals surface area (Å²) in [6, 6.07) is 14.6. The predicted octanol–water partition coefficient (Wildman–Crippen LogP) is 3.51. The van der Waals surface area contributed by atoms with E-state index in [9.17, 15) is 9.59 Å². The van der Waals surface area contributed by atoms with Crippen LogP contribution in [0.3, 0.4) is 0 Å². The number of amides is 1. The van der Waals surface area contributed by atoms with Crippen LogP contribution in [0.5, 0.6) is 0 Å². The first-order valence-electron chi connectivity index (χ1n) is 9.64. The van der Waals surface area contributed by atoms with E-state index in [0.29, 0.717) is 11.1 Å². The number of aromatic amines is 1. The Kier molecular flexibility index (Phi) is 5.12. The number of nitrogens with zero attached hydrogens (tertiary/aromatic N) is 2. The topological polar surface area (TPSA) is 101 Å². The molecule has 4 aromatic rings. The van der Waals surface area contributed by atoms with Crippen molar-refractivity contribution in [3.63, 3.8) is 0 Å². The summed E-state index contributed by atoms with van der Waals surface area (Å²) in [5.41, 5.74) is 2.58. The molecule has 7 heteroatoms. The molecule has 2 aromatic carbocycles. The van der Waals surface area contributed by atoms with Crippen molar-refractivity contribution < 1.29 is 9.21 Å².